The van der Waals surface area contributed by atoms with E-state index in [4.69, 9.17) is 16.7 Å². The van der Waals surface area contributed by atoms with Gasteiger partial charge in [0.25, 0.3) is 0 Å². The molecule has 0 aromatic carbocycles. The summed E-state index contributed by atoms with van der Waals surface area (Å²) in [5.41, 5.74) is 0. The van der Waals surface area contributed by atoms with E-state index in [1.807, 2.05) is 0 Å². The summed E-state index contributed by atoms with van der Waals surface area (Å²) in [4.78, 5) is 35.4. The van der Waals surface area contributed by atoms with Crippen LogP contribution in [0.2, 0.25) is 0 Å². The topological polar surface area (TPSA) is 74.7 Å². The minimum Gasteiger partial charge on any atom is -0.481 e. The molecule has 1 aliphatic carbocycles. The molecule has 17 heavy (non-hydrogen) atoms. The quantitative estimate of drug-likeness (QED) is 0.765. The first-order valence-corrected chi connectivity index (χ1v) is 5.80. The molecule has 2 rings (SSSR count). The van der Waals surface area contributed by atoms with Crippen molar-refractivity contribution in [3.8, 4) is 0 Å². The van der Waals surface area contributed by atoms with Crippen LogP contribution in [0, 0.1) is 11.8 Å². The lowest BCUT2D eigenvalue weighted by Crippen LogP contribution is -2.33. The predicted molar refractivity (Wildman–Crippen MR) is 59.1 cm³/mol. The zero-order chi connectivity index (χ0) is 12.6. The SMILES string of the molecule is O=C(O)CCN1C(=O)[C@H]2CC=C(Cl)C[C@@H]2C1=O. The normalized spacial score (nSPS) is 28.1. The largest absolute Gasteiger partial charge is 0.481 e. The number of carbonyl (C=O) groups excluding carboxylic acids is 2. The van der Waals surface area contributed by atoms with Gasteiger partial charge in [-0.2, -0.15) is 0 Å². The fourth-order valence-electron chi connectivity index (χ4n) is 2.32. The molecule has 2 aliphatic rings. The van der Waals surface area contributed by atoms with Gasteiger partial charge >= 0.3 is 5.97 Å². The second-order valence-corrected chi connectivity index (χ2v) is 4.76. The molecule has 1 saturated heterocycles. The lowest BCUT2D eigenvalue weighted by molar-refractivity contribution is -0.142. The number of carbonyl (C=O) groups is 3. The van der Waals surface area contributed by atoms with Crippen molar-refractivity contribution >= 4 is 29.4 Å². The van der Waals surface area contributed by atoms with E-state index in [1.54, 1.807) is 6.08 Å². The number of amides is 2. The van der Waals surface area contributed by atoms with Crippen molar-refractivity contribution < 1.29 is 19.5 Å². The Morgan fingerprint density at radius 2 is 2.06 bits per heavy atom. The number of likely N-dealkylation sites (tertiary alicyclic amines) is 1. The van der Waals surface area contributed by atoms with Crippen molar-refractivity contribution in [2.45, 2.75) is 19.3 Å². The number of nitrogens with zero attached hydrogens (tertiary/aromatic N) is 1. The summed E-state index contributed by atoms with van der Waals surface area (Å²) in [6, 6.07) is 0. The Bertz CT molecular complexity index is 418. The molecule has 1 fully saturated rings. The molecular weight excluding hydrogens is 246 g/mol. The van der Waals surface area contributed by atoms with E-state index in [-0.39, 0.29) is 30.7 Å². The summed E-state index contributed by atoms with van der Waals surface area (Å²) in [5.74, 6) is -2.31. The third-order valence-corrected chi connectivity index (χ3v) is 3.52. The number of carboxylic acids is 1. The monoisotopic (exact) mass is 257 g/mol. The van der Waals surface area contributed by atoms with Crippen LogP contribution < -0.4 is 0 Å². The van der Waals surface area contributed by atoms with E-state index in [2.05, 4.69) is 0 Å². The van der Waals surface area contributed by atoms with Crippen LogP contribution in [0.5, 0.6) is 0 Å². The number of hydrogen-bond acceptors (Lipinski definition) is 3. The van der Waals surface area contributed by atoms with E-state index in [0.29, 0.717) is 17.9 Å². The number of allylic oxidation sites excluding steroid dienone is 2. The highest BCUT2D eigenvalue weighted by Gasteiger charge is 2.48. The van der Waals surface area contributed by atoms with Gasteiger partial charge in [0.05, 0.1) is 18.3 Å². The lowest BCUT2D eigenvalue weighted by Gasteiger charge is -2.17. The Morgan fingerprint density at radius 1 is 1.41 bits per heavy atom. The van der Waals surface area contributed by atoms with Crippen LogP contribution >= 0.6 is 11.6 Å². The first-order chi connectivity index (χ1) is 8.00. The van der Waals surface area contributed by atoms with Crippen molar-refractivity contribution in [1.82, 2.24) is 4.90 Å². The highest BCUT2D eigenvalue weighted by Crippen LogP contribution is 2.38. The average molecular weight is 258 g/mol. The number of imide groups is 1. The third-order valence-electron chi connectivity index (χ3n) is 3.21. The van der Waals surface area contributed by atoms with E-state index in [9.17, 15) is 14.4 Å². The molecule has 0 unspecified atom stereocenters. The Balaban J connectivity index is 2.11. The van der Waals surface area contributed by atoms with E-state index < -0.39 is 11.9 Å². The highest BCUT2D eigenvalue weighted by atomic mass is 35.5. The summed E-state index contributed by atoms with van der Waals surface area (Å²) < 4.78 is 0. The molecule has 0 saturated carbocycles. The fourth-order valence-corrected chi connectivity index (χ4v) is 2.58. The van der Waals surface area contributed by atoms with Crippen LogP contribution in [0.15, 0.2) is 11.1 Å². The van der Waals surface area contributed by atoms with Gasteiger partial charge in [0.1, 0.15) is 0 Å². The number of hydrogen-bond donors (Lipinski definition) is 1. The van der Waals surface area contributed by atoms with E-state index >= 15 is 0 Å². The van der Waals surface area contributed by atoms with Gasteiger partial charge in [0.15, 0.2) is 0 Å². The molecule has 0 spiro atoms. The first-order valence-electron chi connectivity index (χ1n) is 5.42. The zero-order valence-corrected chi connectivity index (χ0v) is 9.81. The van der Waals surface area contributed by atoms with Crippen molar-refractivity contribution in [3.05, 3.63) is 11.1 Å². The Morgan fingerprint density at radius 3 is 2.71 bits per heavy atom. The molecule has 6 heteroatoms. The fraction of sp³-hybridized carbons (Fsp3) is 0.545. The number of carboxylic acid groups (broad SMARTS) is 1. The van der Waals surface area contributed by atoms with Crippen molar-refractivity contribution in [3.63, 3.8) is 0 Å². The molecule has 0 aromatic rings. The predicted octanol–water partition coefficient (Wildman–Crippen LogP) is 0.979. The van der Waals surface area contributed by atoms with Crippen LogP contribution in [0.1, 0.15) is 19.3 Å². The second kappa shape index (κ2) is 4.49. The Labute approximate surface area is 103 Å². The summed E-state index contributed by atoms with van der Waals surface area (Å²) in [5, 5.41) is 9.17. The molecule has 1 N–H and O–H groups in total. The molecule has 0 aromatic heterocycles. The molecule has 0 bridgehead atoms. The Hall–Kier alpha value is -1.36. The number of rotatable bonds is 3. The highest BCUT2D eigenvalue weighted by molar-refractivity contribution is 6.30. The number of halogens is 1. The molecule has 1 heterocycles. The molecule has 92 valence electrons. The van der Waals surface area contributed by atoms with Gasteiger partial charge in [-0.15, -0.1) is 0 Å². The van der Waals surface area contributed by atoms with Crippen LogP contribution in [-0.4, -0.2) is 34.3 Å². The average Bonchev–Trinajstić information content (AvgIpc) is 2.49. The van der Waals surface area contributed by atoms with Gasteiger partial charge in [-0.3, -0.25) is 19.3 Å². The zero-order valence-electron chi connectivity index (χ0n) is 9.06. The summed E-state index contributed by atoms with van der Waals surface area (Å²) in [6.45, 7) is -0.0440. The molecule has 5 nitrogen and oxygen atoms in total. The molecular formula is C11H12ClNO4. The van der Waals surface area contributed by atoms with Crippen LogP contribution in [0.3, 0.4) is 0 Å². The van der Waals surface area contributed by atoms with Crippen LogP contribution in [0.25, 0.3) is 0 Å². The van der Waals surface area contributed by atoms with E-state index in [1.165, 1.54) is 0 Å². The van der Waals surface area contributed by atoms with Gasteiger partial charge in [-0.05, 0) is 12.8 Å². The maximum Gasteiger partial charge on any atom is 0.305 e. The van der Waals surface area contributed by atoms with Gasteiger partial charge in [0.2, 0.25) is 11.8 Å². The minimum atomic E-state index is -1.02. The molecule has 2 atom stereocenters. The smallest absolute Gasteiger partial charge is 0.305 e. The van der Waals surface area contributed by atoms with Crippen LogP contribution in [0.4, 0.5) is 0 Å². The molecule has 2 amide bonds. The van der Waals surface area contributed by atoms with Gasteiger partial charge in [0, 0.05) is 11.6 Å². The van der Waals surface area contributed by atoms with Crippen molar-refractivity contribution in [1.29, 1.82) is 0 Å². The van der Waals surface area contributed by atoms with Gasteiger partial charge in [-0.25, -0.2) is 0 Å². The van der Waals surface area contributed by atoms with Crippen LogP contribution in [-0.2, 0) is 14.4 Å². The second-order valence-electron chi connectivity index (χ2n) is 4.28. The standard InChI is InChI=1S/C11H12ClNO4/c12-6-1-2-7-8(5-6)11(17)13(10(7)16)4-3-9(14)15/h1,7-8H,2-5H2,(H,14,15)/t7-,8-/m0/s1. The number of aliphatic carboxylic acids is 1. The lowest BCUT2D eigenvalue weighted by atomic mass is 9.85. The summed E-state index contributed by atoms with van der Waals surface area (Å²) >= 11 is 5.86. The summed E-state index contributed by atoms with van der Waals surface area (Å²) in [6.07, 6.45) is 2.41. The minimum absolute atomic E-state index is 0.0440. The number of fused-ring (bicyclic) bond motifs is 1. The summed E-state index contributed by atoms with van der Waals surface area (Å²) in [7, 11) is 0. The van der Waals surface area contributed by atoms with E-state index in [0.717, 1.165) is 4.90 Å². The first kappa shape index (κ1) is 12.1. The van der Waals surface area contributed by atoms with Gasteiger partial charge < -0.3 is 5.11 Å². The van der Waals surface area contributed by atoms with Gasteiger partial charge in [-0.1, -0.05) is 17.7 Å². The third kappa shape index (κ3) is 2.20. The molecule has 0 radical (unpaired) electrons. The maximum absolute atomic E-state index is 11.9. The van der Waals surface area contributed by atoms with Crippen molar-refractivity contribution in [2.75, 3.05) is 6.54 Å². The van der Waals surface area contributed by atoms with Crippen molar-refractivity contribution in [2.24, 2.45) is 11.8 Å². The molecule has 1 aliphatic heterocycles. The maximum atomic E-state index is 11.9. The Kier molecular flexibility index (Phi) is 3.19.